The van der Waals surface area contributed by atoms with Crippen LogP contribution in [0.2, 0.25) is 0 Å². The van der Waals surface area contributed by atoms with E-state index in [1.807, 2.05) is 12.1 Å². The fourth-order valence-corrected chi connectivity index (χ4v) is 2.75. The predicted octanol–water partition coefficient (Wildman–Crippen LogP) is 2.03. The Balaban J connectivity index is 1.76. The van der Waals surface area contributed by atoms with Crippen molar-refractivity contribution in [2.75, 3.05) is 13.1 Å². The summed E-state index contributed by atoms with van der Waals surface area (Å²) in [6.07, 6.45) is 2.97. The van der Waals surface area contributed by atoms with Crippen LogP contribution in [-0.4, -0.2) is 24.1 Å². The Morgan fingerprint density at radius 1 is 1.50 bits per heavy atom. The van der Waals surface area contributed by atoms with Crippen LogP contribution in [0.3, 0.4) is 0 Å². The number of benzene rings is 1. The van der Waals surface area contributed by atoms with Gasteiger partial charge in [-0.1, -0.05) is 25.1 Å². The van der Waals surface area contributed by atoms with E-state index in [9.17, 15) is 9.90 Å². The highest BCUT2D eigenvalue weighted by Crippen LogP contribution is 2.22. The molecule has 1 saturated heterocycles. The number of phenolic OH excluding ortho intramolecular Hbond substituents is 1. The topological polar surface area (TPSA) is 61.4 Å². The third-order valence-corrected chi connectivity index (χ3v) is 4.11. The van der Waals surface area contributed by atoms with E-state index in [2.05, 4.69) is 17.6 Å². The highest BCUT2D eigenvalue weighted by Gasteiger charge is 2.21. The molecular weight excluding hydrogens is 252 g/mol. The first kappa shape index (κ1) is 14.9. The van der Waals surface area contributed by atoms with E-state index < -0.39 is 0 Å². The molecule has 110 valence electrons. The Bertz CT molecular complexity index is 442. The highest BCUT2D eigenvalue weighted by atomic mass is 16.3. The van der Waals surface area contributed by atoms with E-state index >= 15 is 0 Å². The molecule has 0 bridgehead atoms. The van der Waals surface area contributed by atoms with Gasteiger partial charge in [0.15, 0.2) is 0 Å². The molecule has 0 radical (unpaired) electrons. The van der Waals surface area contributed by atoms with Crippen molar-refractivity contribution in [1.29, 1.82) is 0 Å². The molecule has 0 saturated carbocycles. The largest absolute Gasteiger partial charge is 0.508 e. The second kappa shape index (κ2) is 7.29. The van der Waals surface area contributed by atoms with Crippen molar-refractivity contribution in [2.24, 2.45) is 11.8 Å². The van der Waals surface area contributed by atoms with E-state index in [0.29, 0.717) is 24.8 Å². The molecular formula is C16H24N2O2. The molecule has 0 aliphatic carbocycles. The Labute approximate surface area is 120 Å². The fourth-order valence-electron chi connectivity index (χ4n) is 2.75. The number of nitrogens with one attached hydrogen (secondary N) is 2. The minimum atomic E-state index is 0.0614. The SMILES string of the molecule is CC(CC(=O)NCc1ccccc1O)C1CCCNC1. The zero-order valence-corrected chi connectivity index (χ0v) is 12.1. The van der Waals surface area contributed by atoms with E-state index in [4.69, 9.17) is 0 Å². The first-order valence-corrected chi connectivity index (χ1v) is 7.41. The molecule has 1 aliphatic rings. The van der Waals surface area contributed by atoms with Crippen LogP contribution in [0.15, 0.2) is 24.3 Å². The number of rotatable bonds is 5. The zero-order valence-electron chi connectivity index (χ0n) is 12.1. The Kier molecular flexibility index (Phi) is 5.41. The minimum Gasteiger partial charge on any atom is -0.508 e. The number of carbonyl (C=O) groups is 1. The monoisotopic (exact) mass is 276 g/mol. The van der Waals surface area contributed by atoms with Crippen molar-refractivity contribution < 1.29 is 9.90 Å². The summed E-state index contributed by atoms with van der Waals surface area (Å²) in [5, 5.41) is 15.9. The second-order valence-electron chi connectivity index (χ2n) is 5.69. The second-order valence-corrected chi connectivity index (χ2v) is 5.69. The average Bonchev–Trinajstić information content (AvgIpc) is 2.47. The van der Waals surface area contributed by atoms with Crippen LogP contribution >= 0.6 is 0 Å². The lowest BCUT2D eigenvalue weighted by atomic mass is 9.85. The Morgan fingerprint density at radius 3 is 3.00 bits per heavy atom. The van der Waals surface area contributed by atoms with Gasteiger partial charge in [0.1, 0.15) is 5.75 Å². The van der Waals surface area contributed by atoms with E-state index in [1.54, 1.807) is 12.1 Å². The molecule has 1 aromatic carbocycles. The van der Waals surface area contributed by atoms with Gasteiger partial charge in [-0.2, -0.15) is 0 Å². The molecule has 4 nitrogen and oxygen atoms in total. The highest BCUT2D eigenvalue weighted by molar-refractivity contribution is 5.76. The quantitative estimate of drug-likeness (QED) is 0.771. The molecule has 2 atom stereocenters. The lowest BCUT2D eigenvalue weighted by molar-refractivity contribution is -0.122. The van der Waals surface area contributed by atoms with Crippen molar-refractivity contribution >= 4 is 5.91 Å². The Morgan fingerprint density at radius 2 is 2.30 bits per heavy atom. The number of para-hydroxylation sites is 1. The summed E-state index contributed by atoms with van der Waals surface area (Å²) < 4.78 is 0. The Hall–Kier alpha value is -1.55. The van der Waals surface area contributed by atoms with E-state index in [-0.39, 0.29) is 11.7 Å². The van der Waals surface area contributed by atoms with Crippen molar-refractivity contribution in [2.45, 2.75) is 32.7 Å². The van der Waals surface area contributed by atoms with Gasteiger partial charge in [-0.05, 0) is 43.8 Å². The maximum atomic E-state index is 12.0. The van der Waals surface area contributed by atoms with Crippen LogP contribution in [0.25, 0.3) is 0 Å². The van der Waals surface area contributed by atoms with Gasteiger partial charge >= 0.3 is 0 Å². The molecule has 2 rings (SSSR count). The van der Waals surface area contributed by atoms with Gasteiger partial charge in [-0.15, -0.1) is 0 Å². The van der Waals surface area contributed by atoms with Gasteiger partial charge in [0.2, 0.25) is 5.91 Å². The molecule has 4 heteroatoms. The molecule has 1 fully saturated rings. The molecule has 3 N–H and O–H groups in total. The molecule has 0 spiro atoms. The van der Waals surface area contributed by atoms with Crippen LogP contribution in [0, 0.1) is 11.8 Å². The van der Waals surface area contributed by atoms with E-state index in [0.717, 1.165) is 18.7 Å². The fraction of sp³-hybridized carbons (Fsp3) is 0.562. The van der Waals surface area contributed by atoms with Crippen molar-refractivity contribution in [3.63, 3.8) is 0 Å². The molecule has 1 amide bonds. The summed E-state index contributed by atoms with van der Waals surface area (Å²) in [4.78, 5) is 12.0. The summed E-state index contributed by atoms with van der Waals surface area (Å²) in [6.45, 7) is 4.66. The lowest BCUT2D eigenvalue weighted by Crippen LogP contribution is -2.35. The van der Waals surface area contributed by atoms with Gasteiger partial charge in [0, 0.05) is 18.5 Å². The number of piperidine rings is 1. The van der Waals surface area contributed by atoms with Crippen LogP contribution in [-0.2, 0) is 11.3 Å². The maximum absolute atomic E-state index is 12.0. The molecule has 2 unspecified atom stereocenters. The standard InChI is InChI=1S/C16H24N2O2/c1-12(13-6-4-8-17-10-13)9-16(20)18-11-14-5-2-3-7-15(14)19/h2-3,5,7,12-13,17,19H,4,6,8-11H2,1H3,(H,18,20). The number of phenols is 1. The molecule has 1 aliphatic heterocycles. The van der Waals surface area contributed by atoms with Gasteiger partial charge in [0.05, 0.1) is 0 Å². The third-order valence-electron chi connectivity index (χ3n) is 4.11. The van der Waals surface area contributed by atoms with Crippen molar-refractivity contribution in [3.05, 3.63) is 29.8 Å². The maximum Gasteiger partial charge on any atom is 0.220 e. The number of carbonyl (C=O) groups excluding carboxylic acids is 1. The third kappa shape index (κ3) is 4.23. The molecule has 1 heterocycles. The van der Waals surface area contributed by atoms with Crippen molar-refractivity contribution in [3.8, 4) is 5.75 Å². The van der Waals surface area contributed by atoms with Crippen LogP contribution in [0.4, 0.5) is 0 Å². The summed E-state index contributed by atoms with van der Waals surface area (Å²) in [5.41, 5.74) is 0.757. The van der Waals surface area contributed by atoms with Crippen LogP contribution in [0.5, 0.6) is 5.75 Å². The van der Waals surface area contributed by atoms with Gasteiger partial charge in [-0.3, -0.25) is 4.79 Å². The smallest absolute Gasteiger partial charge is 0.220 e. The number of hydrogen-bond donors (Lipinski definition) is 3. The van der Waals surface area contributed by atoms with Gasteiger partial charge in [-0.25, -0.2) is 0 Å². The molecule has 1 aromatic rings. The first-order chi connectivity index (χ1) is 9.66. The molecule has 20 heavy (non-hydrogen) atoms. The summed E-state index contributed by atoms with van der Waals surface area (Å²) in [7, 11) is 0. The van der Waals surface area contributed by atoms with Gasteiger partial charge in [0.25, 0.3) is 0 Å². The summed E-state index contributed by atoms with van der Waals surface area (Å²) >= 11 is 0. The van der Waals surface area contributed by atoms with Crippen LogP contribution < -0.4 is 10.6 Å². The summed E-state index contributed by atoms with van der Waals surface area (Å²) in [6, 6.07) is 7.10. The predicted molar refractivity (Wildman–Crippen MR) is 79.3 cm³/mol. The van der Waals surface area contributed by atoms with Crippen molar-refractivity contribution in [1.82, 2.24) is 10.6 Å². The number of amides is 1. The number of aromatic hydroxyl groups is 1. The normalized spacial score (nSPS) is 20.4. The zero-order chi connectivity index (χ0) is 14.4. The summed E-state index contributed by atoms with van der Waals surface area (Å²) in [5.74, 6) is 1.29. The minimum absolute atomic E-state index is 0.0614. The number of hydrogen-bond acceptors (Lipinski definition) is 3. The van der Waals surface area contributed by atoms with Gasteiger partial charge < -0.3 is 15.7 Å². The van der Waals surface area contributed by atoms with Crippen LogP contribution in [0.1, 0.15) is 31.7 Å². The lowest BCUT2D eigenvalue weighted by Gasteiger charge is -2.28. The van der Waals surface area contributed by atoms with E-state index in [1.165, 1.54) is 12.8 Å². The molecule has 0 aromatic heterocycles. The first-order valence-electron chi connectivity index (χ1n) is 7.41. The average molecular weight is 276 g/mol.